The van der Waals surface area contributed by atoms with Crippen LogP contribution in [-0.2, 0) is 24.5 Å². The molecule has 1 heterocycles. The lowest BCUT2D eigenvalue weighted by Crippen LogP contribution is -2.49. The minimum absolute atomic E-state index is 0.00634. The van der Waals surface area contributed by atoms with E-state index in [2.05, 4.69) is 27.7 Å². The van der Waals surface area contributed by atoms with E-state index >= 15 is 0 Å². The van der Waals surface area contributed by atoms with Crippen molar-refractivity contribution in [2.24, 2.45) is 11.3 Å². The van der Waals surface area contributed by atoms with Crippen molar-refractivity contribution in [1.82, 2.24) is 0 Å². The Kier molecular flexibility index (Phi) is 3.32. The third kappa shape index (κ3) is 2.39. The summed E-state index contributed by atoms with van der Waals surface area (Å²) in [4.78, 5) is 0. The van der Waals surface area contributed by atoms with E-state index in [0.29, 0.717) is 5.92 Å². The molecule has 6 atom stereocenters. The van der Waals surface area contributed by atoms with Gasteiger partial charge in [-0.05, 0) is 57.8 Å². The summed E-state index contributed by atoms with van der Waals surface area (Å²) < 4.78 is 28.6. The first kappa shape index (κ1) is 14.0. The molecule has 0 N–H and O–H groups in total. The van der Waals surface area contributed by atoms with Crippen molar-refractivity contribution in [2.75, 3.05) is 0 Å². The molecule has 0 bridgehead atoms. The summed E-state index contributed by atoms with van der Waals surface area (Å²) in [6.07, 6.45) is 4.43. The Balaban J connectivity index is 1.80. The van der Waals surface area contributed by atoms with Gasteiger partial charge in [0.25, 0.3) is 0 Å². The Bertz CT molecular complexity index is 391. The van der Waals surface area contributed by atoms with Crippen molar-refractivity contribution in [3.63, 3.8) is 0 Å². The van der Waals surface area contributed by atoms with Crippen LogP contribution in [0.3, 0.4) is 0 Å². The van der Waals surface area contributed by atoms with Crippen molar-refractivity contribution in [2.45, 2.75) is 77.3 Å². The molecule has 3 fully saturated rings. The number of hydrogen-bond acceptors (Lipinski definition) is 4. The Morgan fingerprint density at radius 3 is 2.63 bits per heavy atom. The van der Waals surface area contributed by atoms with Crippen LogP contribution < -0.4 is 0 Å². The maximum atomic E-state index is 11.4. The largest absolute Gasteiger partial charge is 0.372 e. The fourth-order valence-corrected chi connectivity index (χ4v) is 4.95. The third-order valence-corrected chi connectivity index (χ3v) is 5.72. The molecule has 0 unspecified atom stereocenters. The van der Waals surface area contributed by atoms with Gasteiger partial charge in [-0.3, -0.25) is 8.37 Å². The van der Waals surface area contributed by atoms with Crippen LogP contribution in [0.4, 0.5) is 0 Å². The highest BCUT2D eigenvalue weighted by Gasteiger charge is 2.58. The summed E-state index contributed by atoms with van der Waals surface area (Å²) in [6, 6.07) is 0. The first-order valence-corrected chi connectivity index (χ1v) is 8.23. The van der Waals surface area contributed by atoms with Gasteiger partial charge in [-0.2, -0.15) is 4.21 Å². The predicted octanol–water partition coefficient (Wildman–Crippen LogP) is 2.74. The maximum absolute atomic E-state index is 11.4. The van der Waals surface area contributed by atoms with E-state index < -0.39 is 11.4 Å². The van der Waals surface area contributed by atoms with E-state index in [1.165, 1.54) is 0 Å². The predicted molar refractivity (Wildman–Crippen MR) is 72.6 cm³/mol. The Morgan fingerprint density at radius 2 is 1.95 bits per heavy atom. The maximum Gasteiger partial charge on any atom is 0.305 e. The van der Waals surface area contributed by atoms with Gasteiger partial charge in [0, 0.05) is 0 Å². The molecule has 110 valence electrons. The Hall–Kier alpha value is 0.0300. The fourth-order valence-electron chi connectivity index (χ4n) is 4.06. The lowest BCUT2D eigenvalue weighted by atomic mass is 9.66. The minimum atomic E-state index is -1.54. The summed E-state index contributed by atoms with van der Waals surface area (Å²) in [6.45, 7) is 8.64. The molecular formula is C14H24O4S. The molecule has 5 heteroatoms. The van der Waals surface area contributed by atoms with Crippen LogP contribution >= 0.6 is 0 Å². The van der Waals surface area contributed by atoms with Crippen molar-refractivity contribution in [3.05, 3.63) is 0 Å². The zero-order chi connectivity index (χ0) is 13.8. The lowest BCUT2D eigenvalue weighted by molar-refractivity contribution is -0.133. The third-order valence-electron chi connectivity index (χ3n) is 4.94. The van der Waals surface area contributed by atoms with Crippen molar-refractivity contribution >= 4 is 11.4 Å². The van der Waals surface area contributed by atoms with E-state index in [4.69, 9.17) is 13.1 Å². The monoisotopic (exact) mass is 288 g/mol. The second-order valence-corrected chi connectivity index (χ2v) is 8.14. The van der Waals surface area contributed by atoms with Crippen LogP contribution in [0.5, 0.6) is 0 Å². The lowest BCUT2D eigenvalue weighted by Gasteiger charge is -2.45. The molecule has 3 aliphatic rings. The average molecular weight is 288 g/mol. The van der Waals surface area contributed by atoms with Crippen LogP contribution in [-0.4, -0.2) is 28.1 Å². The molecular weight excluding hydrogens is 264 g/mol. The van der Waals surface area contributed by atoms with Gasteiger partial charge in [0.1, 0.15) is 12.2 Å². The van der Waals surface area contributed by atoms with Gasteiger partial charge in [-0.25, -0.2) is 0 Å². The molecule has 2 aliphatic carbocycles. The van der Waals surface area contributed by atoms with Gasteiger partial charge in [0.2, 0.25) is 0 Å². The standard InChI is InChI=1S/C14H24O4S/c1-13(2,3)16-11-6-5-9-12-10(17-19(15)18-12)7-8-14(9,11)4/h9-12H,5-8H2,1-4H3/t9-,10-,11-,12+,14-,19+/m0/s1. The van der Waals surface area contributed by atoms with E-state index in [0.717, 1.165) is 25.7 Å². The van der Waals surface area contributed by atoms with Gasteiger partial charge in [-0.15, -0.1) is 0 Å². The molecule has 2 saturated carbocycles. The number of fused-ring (bicyclic) bond motifs is 3. The fraction of sp³-hybridized carbons (Fsp3) is 1.00. The summed E-state index contributed by atoms with van der Waals surface area (Å²) in [5.74, 6) is 0.407. The molecule has 0 aromatic carbocycles. The molecule has 0 aromatic heterocycles. The summed E-state index contributed by atoms with van der Waals surface area (Å²) in [5.41, 5.74) is 0.0155. The molecule has 1 aliphatic heterocycles. The van der Waals surface area contributed by atoms with E-state index in [1.54, 1.807) is 0 Å². The first-order valence-electron chi connectivity index (χ1n) is 7.23. The second-order valence-electron chi connectivity index (χ2n) is 7.35. The molecule has 1 saturated heterocycles. The summed E-state index contributed by atoms with van der Waals surface area (Å²) in [5, 5.41) is 0. The molecule has 0 aromatic rings. The SMILES string of the molecule is CC(C)(C)O[C@H]1CC[C@H]2[C@H]3O[S@](=O)O[C@H]3CC[C@]12C. The van der Waals surface area contributed by atoms with Crippen LogP contribution in [0.25, 0.3) is 0 Å². The van der Waals surface area contributed by atoms with Gasteiger partial charge in [0.15, 0.2) is 0 Å². The van der Waals surface area contributed by atoms with Crippen molar-refractivity contribution in [3.8, 4) is 0 Å². The molecule has 19 heavy (non-hydrogen) atoms. The highest BCUT2D eigenvalue weighted by atomic mass is 32.2. The van der Waals surface area contributed by atoms with Crippen LogP contribution in [0.1, 0.15) is 53.4 Å². The number of ether oxygens (including phenoxy) is 1. The zero-order valence-electron chi connectivity index (χ0n) is 12.2. The summed E-state index contributed by atoms with van der Waals surface area (Å²) >= 11 is -1.54. The first-order chi connectivity index (χ1) is 8.79. The molecule has 3 rings (SSSR count). The van der Waals surface area contributed by atoms with Crippen molar-refractivity contribution < 1.29 is 17.3 Å². The van der Waals surface area contributed by atoms with E-state index in [1.807, 2.05) is 0 Å². The van der Waals surface area contributed by atoms with Gasteiger partial charge in [0.05, 0.1) is 11.7 Å². The zero-order valence-corrected chi connectivity index (χ0v) is 13.0. The van der Waals surface area contributed by atoms with Crippen LogP contribution in [0.15, 0.2) is 0 Å². The highest BCUT2D eigenvalue weighted by Crippen LogP contribution is 2.56. The van der Waals surface area contributed by atoms with Gasteiger partial charge < -0.3 is 4.74 Å². The Morgan fingerprint density at radius 1 is 1.21 bits per heavy atom. The van der Waals surface area contributed by atoms with Crippen molar-refractivity contribution in [1.29, 1.82) is 0 Å². The summed E-state index contributed by atoms with van der Waals surface area (Å²) in [7, 11) is 0. The molecule has 0 spiro atoms. The highest BCUT2D eigenvalue weighted by molar-refractivity contribution is 7.75. The molecule has 0 amide bonds. The van der Waals surface area contributed by atoms with Gasteiger partial charge in [-0.1, -0.05) is 6.92 Å². The van der Waals surface area contributed by atoms with Crippen LogP contribution in [0.2, 0.25) is 0 Å². The number of rotatable bonds is 1. The second kappa shape index (κ2) is 4.52. The van der Waals surface area contributed by atoms with E-state index in [9.17, 15) is 4.21 Å². The average Bonchev–Trinajstić information content (AvgIpc) is 2.78. The quantitative estimate of drug-likeness (QED) is 0.744. The van der Waals surface area contributed by atoms with E-state index in [-0.39, 0.29) is 29.3 Å². The number of hydrogen-bond donors (Lipinski definition) is 0. The topological polar surface area (TPSA) is 44.8 Å². The smallest absolute Gasteiger partial charge is 0.305 e. The van der Waals surface area contributed by atoms with Crippen LogP contribution in [0, 0.1) is 11.3 Å². The normalized spacial score (nSPS) is 50.0. The molecule has 0 radical (unpaired) electrons. The minimum Gasteiger partial charge on any atom is -0.372 e. The molecule has 4 nitrogen and oxygen atoms in total. The van der Waals surface area contributed by atoms with Gasteiger partial charge >= 0.3 is 11.4 Å². The Labute approximate surface area is 118 Å².